The van der Waals surface area contributed by atoms with Gasteiger partial charge in [0.15, 0.2) is 0 Å². The van der Waals surface area contributed by atoms with Crippen molar-refractivity contribution in [2.75, 3.05) is 11.4 Å². The molecule has 0 spiro atoms. The largest absolute Gasteiger partial charge is 0.467 e. The fourth-order valence-electron chi connectivity index (χ4n) is 1.68. The second-order valence-corrected chi connectivity index (χ2v) is 4.28. The molecular weight excluding hydrogens is 250 g/mol. The monoisotopic (exact) mass is 265 g/mol. The third-order valence-electron chi connectivity index (χ3n) is 2.80. The van der Waals surface area contributed by atoms with E-state index < -0.39 is 0 Å². The summed E-state index contributed by atoms with van der Waals surface area (Å²) in [5.41, 5.74) is 1.89. The maximum atomic E-state index is 5.80. The van der Waals surface area contributed by atoms with E-state index in [0.717, 1.165) is 23.6 Å². The number of alkyl halides is 1. The molecule has 0 aliphatic heterocycles. The van der Waals surface area contributed by atoms with Crippen molar-refractivity contribution in [2.24, 2.45) is 0 Å². The van der Waals surface area contributed by atoms with E-state index in [1.165, 1.54) is 0 Å². The normalized spacial score (nSPS) is 10.6. The molecule has 2 aromatic heterocycles. The maximum absolute atomic E-state index is 5.80. The molecule has 0 aliphatic rings. The molecule has 0 N–H and O–H groups in total. The second kappa shape index (κ2) is 5.87. The summed E-state index contributed by atoms with van der Waals surface area (Å²) < 4.78 is 5.34. The van der Waals surface area contributed by atoms with Crippen molar-refractivity contribution < 1.29 is 4.42 Å². The van der Waals surface area contributed by atoms with E-state index in [0.29, 0.717) is 18.4 Å². The number of aryl methyl sites for hydroxylation is 1. The number of furan rings is 1. The van der Waals surface area contributed by atoms with Gasteiger partial charge < -0.3 is 9.32 Å². The van der Waals surface area contributed by atoms with Gasteiger partial charge in [-0.1, -0.05) is 0 Å². The molecule has 5 heteroatoms. The highest BCUT2D eigenvalue weighted by Crippen LogP contribution is 2.15. The van der Waals surface area contributed by atoms with E-state index in [4.69, 9.17) is 16.0 Å². The highest BCUT2D eigenvalue weighted by Gasteiger charge is 2.11. The molecule has 0 bridgehead atoms. The van der Waals surface area contributed by atoms with Crippen molar-refractivity contribution in [2.45, 2.75) is 26.3 Å². The summed E-state index contributed by atoms with van der Waals surface area (Å²) >= 11 is 5.80. The first-order chi connectivity index (χ1) is 8.74. The standard InChI is InChI=1S/C13H16ClN3O/c1-3-17(9-12-5-4-6-18-12)13-15-8-11(7-14)10(2)16-13/h4-6,8H,3,7,9H2,1-2H3. The molecule has 0 aromatic carbocycles. The lowest BCUT2D eigenvalue weighted by Gasteiger charge is -2.20. The van der Waals surface area contributed by atoms with Crippen LogP contribution in [0.25, 0.3) is 0 Å². The van der Waals surface area contributed by atoms with Gasteiger partial charge in [0.2, 0.25) is 5.95 Å². The molecule has 0 aliphatic carbocycles. The lowest BCUT2D eigenvalue weighted by Crippen LogP contribution is -2.24. The Morgan fingerprint density at radius 2 is 2.28 bits per heavy atom. The zero-order valence-electron chi connectivity index (χ0n) is 10.6. The van der Waals surface area contributed by atoms with Crippen molar-refractivity contribution in [1.29, 1.82) is 0 Å². The van der Waals surface area contributed by atoms with Crippen LogP contribution in [0.4, 0.5) is 5.95 Å². The molecule has 4 nitrogen and oxygen atoms in total. The smallest absolute Gasteiger partial charge is 0.225 e. The van der Waals surface area contributed by atoms with Crippen LogP contribution in [0, 0.1) is 6.92 Å². The van der Waals surface area contributed by atoms with E-state index in [-0.39, 0.29) is 0 Å². The molecule has 0 unspecified atom stereocenters. The Morgan fingerprint density at radius 1 is 1.44 bits per heavy atom. The van der Waals surface area contributed by atoms with Gasteiger partial charge in [-0.2, -0.15) is 0 Å². The maximum Gasteiger partial charge on any atom is 0.225 e. The summed E-state index contributed by atoms with van der Waals surface area (Å²) in [6, 6.07) is 3.83. The minimum absolute atomic E-state index is 0.441. The van der Waals surface area contributed by atoms with Gasteiger partial charge in [0.25, 0.3) is 0 Å². The Hall–Kier alpha value is -1.55. The van der Waals surface area contributed by atoms with Crippen LogP contribution in [-0.4, -0.2) is 16.5 Å². The van der Waals surface area contributed by atoms with Crippen LogP contribution in [-0.2, 0) is 12.4 Å². The van der Waals surface area contributed by atoms with Gasteiger partial charge in [-0.15, -0.1) is 11.6 Å². The van der Waals surface area contributed by atoms with E-state index in [2.05, 4.69) is 21.8 Å². The number of hydrogen-bond acceptors (Lipinski definition) is 4. The Bertz CT molecular complexity index is 499. The summed E-state index contributed by atoms with van der Waals surface area (Å²) in [4.78, 5) is 10.9. The highest BCUT2D eigenvalue weighted by molar-refractivity contribution is 6.17. The summed E-state index contributed by atoms with van der Waals surface area (Å²) in [6.45, 7) is 5.50. The van der Waals surface area contributed by atoms with Crippen molar-refractivity contribution in [3.05, 3.63) is 41.6 Å². The zero-order valence-corrected chi connectivity index (χ0v) is 11.3. The fourth-order valence-corrected chi connectivity index (χ4v) is 1.94. The fraction of sp³-hybridized carbons (Fsp3) is 0.385. The molecule has 0 saturated carbocycles. The van der Waals surface area contributed by atoms with Crippen molar-refractivity contribution in [3.63, 3.8) is 0 Å². The van der Waals surface area contributed by atoms with Crippen molar-refractivity contribution >= 4 is 17.5 Å². The first kappa shape index (κ1) is 12.9. The third kappa shape index (κ3) is 2.82. The molecule has 2 rings (SSSR count). The lowest BCUT2D eigenvalue weighted by molar-refractivity contribution is 0.501. The van der Waals surface area contributed by atoms with Gasteiger partial charge >= 0.3 is 0 Å². The first-order valence-corrected chi connectivity index (χ1v) is 6.43. The van der Waals surface area contributed by atoms with Gasteiger partial charge in [0, 0.05) is 24.0 Å². The van der Waals surface area contributed by atoms with Gasteiger partial charge in [0.1, 0.15) is 5.76 Å². The Labute approximate surface area is 112 Å². The SMILES string of the molecule is CCN(Cc1ccco1)c1ncc(CCl)c(C)n1. The Kier molecular flexibility index (Phi) is 4.20. The molecule has 0 fully saturated rings. The van der Waals surface area contributed by atoms with E-state index in [9.17, 15) is 0 Å². The summed E-state index contributed by atoms with van der Waals surface area (Å²) in [6.07, 6.45) is 3.46. The average molecular weight is 266 g/mol. The van der Waals surface area contributed by atoms with Crippen molar-refractivity contribution in [1.82, 2.24) is 9.97 Å². The van der Waals surface area contributed by atoms with E-state index in [1.807, 2.05) is 19.1 Å². The lowest BCUT2D eigenvalue weighted by atomic mass is 10.3. The van der Waals surface area contributed by atoms with Crippen LogP contribution < -0.4 is 4.90 Å². The molecule has 18 heavy (non-hydrogen) atoms. The Balaban J connectivity index is 2.19. The third-order valence-corrected chi connectivity index (χ3v) is 3.09. The predicted molar refractivity (Wildman–Crippen MR) is 71.8 cm³/mol. The molecule has 2 heterocycles. The van der Waals surface area contributed by atoms with Gasteiger partial charge in [-0.3, -0.25) is 0 Å². The summed E-state index contributed by atoms with van der Waals surface area (Å²) in [5, 5.41) is 0. The Morgan fingerprint density at radius 3 is 2.83 bits per heavy atom. The molecular formula is C13H16ClN3O. The van der Waals surface area contributed by atoms with Crippen LogP contribution in [0.15, 0.2) is 29.0 Å². The van der Waals surface area contributed by atoms with Crippen LogP contribution in [0.5, 0.6) is 0 Å². The van der Waals surface area contributed by atoms with Crippen LogP contribution >= 0.6 is 11.6 Å². The summed E-state index contributed by atoms with van der Waals surface area (Å²) in [7, 11) is 0. The molecule has 0 saturated heterocycles. The number of aromatic nitrogens is 2. The molecule has 2 aromatic rings. The molecule has 0 radical (unpaired) electrons. The molecule has 96 valence electrons. The molecule has 0 atom stereocenters. The number of halogens is 1. The van der Waals surface area contributed by atoms with E-state index in [1.54, 1.807) is 12.5 Å². The minimum Gasteiger partial charge on any atom is -0.467 e. The number of nitrogens with zero attached hydrogens (tertiary/aromatic N) is 3. The van der Waals surface area contributed by atoms with Crippen LogP contribution in [0.1, 0.15) is 23.9 Å². The predicted octanol–water partition coefficient (Wildman–Crippen LogP) is 3.14. The highest BCUT2D eigenvalue weighted by atomic mass is 35.5. The zero-order chi connectivity index (χ0) is 13.0. The van der Waals surface area contributed by atoms with Crippen LogP contribution in [0.2, 0.25) is 0 Å². The number of rotatable bonds is 5. The quantitative estimate of drug-likeness (QED) is 0.779. The minimum atomic E-state index is 0.441. The molecule has 0 amide bonds. The topological polar surface area (TPSA) is 42.2 Å². The van der Waals surface area contributed by atoms with Gasteiger partial charge in [-0.25, -0.2) is 9.97 Å². The van der Waals surface area contributed by atoms with Gasteiger partial charge in [-0.05, 0) is 26.0 Å². The average Bonchev–Trinajstić information content (AvgIpc) is 2.88. The first-order valence-electron chi connectivity index (χ1n) is 5.90. The number of anilines is 1. The number of hydrogen-bond donors (Lipinski definition) is 0. The van der Waals surface area contributed by atoms with Crippen molar-refractivity contribution in [3.8, 4) is 0 Å². The van der Waals surface area contributed by atoms with E-state index >= 15 is 0 Å². The van der Waals surface area contributed by atoms with Gasteiger partial charge in [0.05, 0.1) is 18.7 Å². The summed E-state index contributed by atoms with van der Waals surface area (Å²) in [5.74, 6) is 2.05. The second-order valence-electron chi connectivity index (χ2n) is 4.01. The van der Waals surface area contributed by atoms with Crippen LogP contribution in [0.3, 0.4) is 0 Å².